The molecule has 0 atom stereocenters. The topological polar surface area (TPSA) is 52.0 Å². The third kappa shape index (κ3) is 5.70. The van der Waals surface area contributed by atoms with E-state index in [1.165, 1.54) is 62.1 Å². The van der Waals surface area contributed by atoms with Gasteiger partial charge in [-0.15, -0.1) is 0 Å². The first-order chi connectivity index (χ1) is 23.2. The predicted octanol–water partition coefficient (Wildman–Crippen LogP) is 12.0. The van der Waals surface area contributed by atoms with Gasteiger partial charge < -0.3 is 11.5 Å². The monoisotopic (exact) mass is 626 g/mol. The Morgan fingerprint density at radius 3 is 0.958 bits per heavy atom. The van der Waals surface area contributed by atoms with Crippen molar-refractivity contribution >= 4 is 11.4 Å². The molecule has 48 heavy (non-hydrogen) atoms. The second-order valence-electron chi connectivity index (χ2n) is 14.0. The molecule has 1 saturated carbocycles. The van der Waals surface area contributed by atoms with Crippen molar-refractivity contribution in [2.24, 2.45) is 0 Å². The molecule has 0 spiro atoms. The molecule has 4 N–H and O–H groups in total. The summed E-state index contributed by atoms with van der Waals surface area (Å²) in [6, 6.07) is 44.7. The third-order valence-electron chi connectivity index (χ3n) is 10.6. The molecule has 2 heteroatoms. The van der Waals surface area contributed by atoms with Crippen molar-refractivity contribution in [1.29, 1.82) is 0 Å². The van der Waals surface area contributed by atoms with E-state index in [1.807, 2.05) is 0 Å². The molecule has 0 saturated heterocycles. The highest BCUT2D eigenvalue weighted by Crippen LogP contribution is 2.55. The van der Waals surface area contributed by atoms with Gasteiger partial charge >= 0.3 is 0 Å². The standard InChI is InChI=1S/C46H46N2/c1-30-8-16-34(17-9-30)42-38(24-26-40(47)44(42)36-20-12-32(3)13-21-36)46(28-6-5-7-29-46)39-25-27-41(48)45(37-22-14-33(4)15-23-37)43(39)35-18-10-31(2)11-19-35/h8-27H,5-7,28-29,47-48H2,1-4H3. The molecule has 240 valence electrons. The van der Waals surface area contributed by atoms with Crippen molar-refractivity contribution in [3.63, 3.8) is 0 Å². The highest BCUT2D eigenvalue weighted by atomic mass is 14.6. The number of aryl methyl sites for hydroxylation is 4. The van der Waals surface area contributed by atoms with Crippen LogP contribution in [0.15, 0.2) is 121 Å². The molecule has 2 nitrogen and oxygen atoms in total. The van der Waals surface area contributed by atoms with Gasteiger partial charge in [0.15, 0.2) is 0 Å². The van der Waals surface area contributed by atoms with Crippen LogP contribution >= 0.6 is 0 Å². The Hall–Kier alpha value is -5.08. The Bertz CT molecular complexity index is 1910. The van der Waals surface area contributed by atoms with E-state index in [4.69, 9.17) is 11.5 Å². The molecule has 0 heterocycles. The van der Waals surface area contributed by atoms with Gasteiger partial charge in [-0.05, 0) is 97.2 Å². The molecule has 0 radical (unpaired) electrons. The van der Waals surface area contributed by atoms with E-state index >= 15 is 0 Å². The lowest BCUT2D eigenvalue weighted by Crippen LogP contribution is -2.32. The molecule has 0 amide bonds. The fraction of sp³-hybridized carbons (Fsp3) is 0.217. The van der Waals surface area contributed by atoms with Crippen LogP contribution in [-0.4, -0.2) is 0 Å². The van der Waals surface area contributed by atoms with E-state index in [9.17, 15) is 0 Å². The lowest BCUT2D eigenvalue weighted by molar-refractivity contribution is 0.347. The summed E-state index contributed by atoms with van der Waals surface area (Å²) < 4.78 is 0. The van der Waals surface area contributed by atoms with Gasteiger partial charge in [-0.2, -0.15) is 0 Å². The lowest BCUT2D eigenvalue weighted by atomic mass is 9.61. The number of hydrogen-bond acceptors (Lipinski definition) is 2. The Balaban J connectivity index is 1.60. The first kappa shape index (κ1) is 31.5. The predicted molar refractivity (Wildman–Crippen MR) is 206 cm³/mol. The van der Waals surface area contributed by atoms with Crippen molar-refractivity contribution in [2.45, 2.75) is 65.2 Å². The molecule has 0 bridgehead atoms. The van der Waals surface area contributed by atoms with Crippen LogP contribution in [0.2, 0.25) is 0 Å². The molecular weight excluding hydrogens is 581 g/mol. The molecule has 7 rings (SSSR count). The summed E-state index contributed by atoms with van der Waals surface area (Å²) in [7, 11) is 0. The number of anilines is 2. The quantitative estimate of drug-likeness (QED) is 0.181. The summed E-state index contributed by atoms with van der Waals surface area (Å²) >= 11 is 0. The normalized spacial score (nSPS) is 14.2. The summed E-state index contributed by atoms with van der Waals surface area (Å²) in [6.45, 7) is 8.59. The van der Waals surface area contributed by atoms with E-state index in [0.717, 1.165) is 59.3 Å². The van der Waals surface area contributed by atoms with Crippen LogP contribution in [0.1, 0.15) is 65.5 Å². The highest BCUT2D eigenvalue weighted by molar-refractivity contribution is 5.97. The zero-order valence-corrected chi connectivity index (χ0v) is 28.7. The Morgan fingerprint density at radius 1 is 0.354 bits per heavy atom. The number of rotatable bonds is 6. The minimum Gasteiger partial charge on any atom is -0.398 e. The number of benzene rings is 6. The maximum atomic E-state index is 6.99. The summed E-state index contributed by atoms with van der Waals surface area (Å²) in [5.41, 5.74) is 32.4. The minimum absolute atomic E-state index is 0.251. The average Bonchev–Trinajstić information content (AvgIpc) is 3.10. The van der Waals surface area contributed by atoms with Gasteiger partial charge in [-0.25, -0.2) is 0 Å². The highest BCUT2D eigenvalue weighted by Gasteiger charge is 2.41. The third-order valence-corrected chi connectivity index (χ3v) is 10.6. The van der Waals surface area contributed by atoms with Gasteiger partial charge in [-0.3, -0.25) is 0 Å². The van der Waals surface area contributed by atoms with Gasteiger partial charge in [-0.1, -0.05) is 151 Å². The van der Waals surface area contributed by atoms with Crippen LogP contribution < -0.4 is 11.5 Å². The van der Waals surface area contributed by atoms with Gasteiger partial charge in [0.1, 0.15) is 0 Å². The van der Waals surface area contributed by atoms with Crippen LogP contribution in [0.3, 0.4) is 0 Å². The van der Waals surface area contributed by atoms with Crippen LogP contribution in [0.5, 0.6) is 0 Å². The number of nitrogens with two attached hydrogens (primary N) is 2. The van der Waals surface area contributed by atoms with Crippen molar-refractivity contribution < 1.29 is 0 Å². The van der Waals surface area contributed by atoms with E-state index in [0.29, 0.717) is 0 Å². The van der Waals surface area contributed by atoms with Crippen LogP contribution in [-0.2, 0) is 5.41 Å². The maximum absolute atomic E-state index is 6.99. The van der Waals surface area contributed by atoms with E-state index in [-0.39, 0.29) is 5.41 Å². The zero-order chi connectivity index (χ0) is 33.4. The Kier molecular flexibility index (Phi) is 8.43. The average molecular weight is 627 g/mol. The Morgan fingerprint density at radius 2 is 0.646 bits per heavy atom. The molecule has 0 aromatic heterocycles. The molecule has 0 aliphatic heterocycles. The first-order valence-corrected chi connectivity index (χ1v) is 17.4. The fourth-order valence-corrected chi connectivity index (χ4v) is 7.98. The SMILES string of the molecule is Cc1ccc(-c2c(N)ccc(C3(c4ccc(N)c(-c5ccc(C)cc5)c4-c4ccc(C)cc4)CCCCC3)c2-c2ccc(C)cc2)cc1. The van der Waals surface area contributed by atoms with Crippen molar-refractivity contribution in [2.75, 3.05) is 11.5 Å². The van der Waals surface area contributed by atoms with E-state index in [2.05, 4.69) is 149 Å². The van der Waals surface area contributed by atoms with E-state index < -0.39 is 0 Å². The second-order valence-corrected chi connectivity index (χ2v) is 14.0. The summed E-state index contributed by atoms with van der Waals surface area (Å²) in [5.74, 6) is 0. The van der Waals surface area contributed by atoms with Gasteiger partial charge in [0, 0.05) is 27.9 Å². The largest absolute Gasteiger partial charge is 0.398 e. The van der Waals surface area contributed by atoms with E-state index in [1.54, 1.807) is 0 Å². The Labute approximate surface area is 286 Å². The molecule has 6 aromatic carbocycles. The van der Waals surface area contributed by atoms with Crippen LogP contribution in [0, 0.1) is 27.7 Å². The first-order valence-electron chi connectivity index (χ1n) is 17.4. The number of hydrogen-bond donors (Lipinski definition) is 2. The van der Waals surface area contributed by atoms with Gasteiger partial charge in [0.25, 0.3) is 0 Å². The smallest absolute Gasteiger partial charge is 0.0400 e. The summed E-state index contributed by atoms with van der Waals surface area (Å²) in [5, 5.41) is 0. The molecule has 6 aromatic rings. The van der Waals surface area contributed by atoms with Crippen molar-refractivity contribution in [1.82, 2.24) is 0 Å². The van der Waals surface area contributed by atoms with Crippen LogP contribution in [0.25, 0.3) is 44.5 Å². The molecular formula is C46H46N2. The maximum Gasteiger partial charge on any atom is 0.0400 e. The van der Waals surface area contributed by atoms with Gasteiger partial charge in [0.2, 0.25) is 0 Å². The molecule has 1 aliphatic rings. The molecule has 0 unspecified atom stereocenters. The summed E-state index contributed by atoms with van der Waals surface area (Å²) in [4.78, 5) is 0. The van der Waals surface area contributed by atoms with Crippen molar-refractivity contribution in [3.8, 4) is 44.5 Å². The second kappa shape index (κ2) is 12.8. The van der Waals surface area contributed by atoms with Crippen molar-refractivity contribution in [3.05, 3.63) is 155 Å². The van der Waals surface area contributed by atoms with Gasteiger partial charge in [0.05, 0.1) is 0 Å². The zero-order valence-electron chi connectivity index (χ0n) is 28.7. The lowest BCUT2D eigenvalue weighted by Gasteiger charge is -2.42. The summed E-state index contributed by atoms with van der Waals surface area (Å²) in [6.07, 6.45) is 5.67. The molecule has 1 aliphatic carbocycles. The minimum atomic E-state index is -0.251. The fourth-order valence-electron chi connectivity index (χ4n) is 7.98. The number of nitrogen functional groups attached to an aromatic ring is 2. The van der Waals surface area contributed by atoms with Crippen LogP contribution in [0.4, 0.5) is 11.4 Å². The molecule has 1 fully saturated rings.